The topological polar surface area (TPSA) is 59.3 Å². The first-order chi connectivity index (χ1) is 10.0. The second-order valence-corrected chi connectivity index (χ2v) is 6.29. The molecule has 1 fully saturated rings. The van der Waals surface area contributed by atoms with Crippen molar-refractivity contribution >= 4 is 15.9 Å². The third-order valence-electron chi connectivity index (χ3n) is 3.75. The second-order valence-electron chi connectivity index (χ2n) is 5.43. The highest BCUT2D eigenvalue weighted by atomic mass is 79.9. The molecule has 4 nitrogen and oxygen atoms in total. The Labute approximate surface area is 134 Å². The Morgan fingerprint density at radius 1 is 1.52 bits per heavy atom. The normalized spacial score (nSPS) is 17.2. The number of nitrogens with zero attached hydrogens (tertiary/aromatic N) is 2. The molecule has 2 rings (SSSR count). The van der Waals surface area contributed by atoms with Crippen LogP contribution >= 0.6 is 15.9 Å². The van der Waals surface area contributed by atoms with Crippen LogP contribution < -0.4 is 5.32 Å². The van der Waals surface area contributed by atoms with E-state index in [4.69, 9.17) is 5.26 Å². The van der Waals surface area contributed by atoms with Crippen LogP contribution in [0.3, 0.4) is 0 Å². The summed E-state index contributed by atoms with van der Waals surface area (Å²) in [5.41, 5.74) is 2.17. The Balaban J connectivity index is 2.45. The van der Waals surface area contributed by atoms with Gasteiger partial charge in [0.2, 0.25) is 0 Å². The molecule has 1 heterocycles. The van der Waals surface area contributed by atoms with Gasteiger partial charge in [-0.05, 0) is 25.5 Å². The molecule has 1 aromatic rings. The zero-order valence-corrected chi connectivity index (χ0v) is 13.8. The third kappa shape index (κ3) is 3.65. The highest BCUT2D eigenvalue weighted by Crippen LogP contribution is 2.40. The van der Waals surface area contributed by atoms with Crippen LogP contribution in [-0.2, 0) is 0 Å². The van der Waals surface area contributed by atoms with Crippen LogP contribution in [0, 0.1) is 11.3 Å². The largest absolute Gasteiger partial charge is 0.506 e. The monoisotopic (exact) mass is 349 g/mol. The van der Waals surface area contributed by atoms with E-state index in [1.54, 1.807) is 6.07 Å². The SMILES string of the molecule is C=C(C)C[C@H](c1c(Br)ccc(C#N)c1O)N1CCNCC1. The maximum Gasteiger partial charge on any atom is 0.139 e. The first-order valence-electron chi connectivity index (χ1n) is 7.05. The minimum atomic E-state index is 0.0345. The zero-order valence-electron chi connectivity index (χ0n) is 12.2. The van der Waals surface area contributed by atoms with Gasteiger partial charge in [0.15, 0.2) is 0 Å². The van der Waals surface area contributed by atoms with Gasteiger partial charge in [0.1, 0.15) is 11.8 Å². The molecule has 1 saturated heterocycles. The lowest BCUT2D eigenvalue weighted by molar-refractivity contribution is 0.169. The Morgan fingerprint density at radius 2 is 2.19 bits per heavy atom. The molecular formula is C16H20BrN3O. The van der Waals surface area contributed by atoms with Gasteiger partial charge in [-0.15, -0.1) is 6.58 Å². The molecule has 21 heavy (non-hydrogen) atoms. The highest BCUT2D eigenvalue weighted by molar-refractivity contribution is 9.10. The van der Waals surface area contributed by atoms with Crippen molar-refractivity contribution in [2.75, 3.05) is 26.2 Å². The fourth-order valence-electron chi connectivity index (χ4n) is 2.73. The Kier molecular flexibility index (Phi) is 5.40. The summed E-state index contributed by atoms with van der Waals surface area (Å²) in [6.07, 6.45) is 0.765. The van der Waals surface area contributed by atoms with Gasteiger partial charge in [-0.3, -0.25) is 4.90 Å². The minimum absolute atomic E-state index is 0.0345. The van der Waals surface area contributed by atoms with Crippen LogP contribution in [0.15, 0.2) is 28.8 Å². The molecule has 0 unspecified atom stereocenters. The van der Waals surface area contributed by atoms with Crippen LogP contribution in [0.5, 0.6) is 5.75 Å². The lowest BCUT2D eigenvalue weighted by Crippen LogP contribution is -2.45. The molecule has 0 spiro atoms. The first kappa shape index (κ1) is 16.0. The Bertz CT molecular complexity index is 574. The summed E-state index contributed by atoms with van der Waals surface area (Å²) < 4.78 is 0.837. The maximum atomic E-state index is 10.5. The molecule has 0 amide bonds. The van der Waals surface area contributed by atoms with Crippen LogP contribution in [-0.4, -0.2) is 36.2 Å². The van der Waals surface area contributed by atoms with E-state index in [0.29, 0.717) is 5.56 Å². The fourth-order valence-corrected chi connectivity index (χ4v) is 3.31. The quantitative estimate of drug-likeness (QED) is 0.820. The van der Waals surface area contributed by atoms with Crippen molar-refractivity contribution < 1.29 is 5.11 Å². The number of nitrogens with one attached hydrogen (secondary N) is 1. The predicted molar refractivity (Wildman–Crippen MR) is 87.1 cm³/mol. The molecule has 1 aromatic carbocycles. The molecule has 1 atom stereocenters. The molecule has 1 aliphatic rings. The number of hydrogen-bond donors (Lipinski definition) is 2. The molecule has 0 bridgehead atoms. The van der Waals surface area contributed by atoms with Crippen molar-refractivity contribution in [3.05, 3.63) is 39.9 Å². The summed E-state index contributed by atoms with van der Waals surface area (Å²) in [5, 5.41) is 22.9. The van der Waals surface area contributed by atoms with Gasteiger partial charge in [0, 0.05) is 42.3 Å². The van der Waals surface area contributed by atoms with Gasteiger partial charge in [-0.1, -0.05) is 21.5 Å². The van der Waals surface area contributed by atoms with Crippen LogP contribution in [0.25, 0.3) is 0 Å². The van der Waals surface area contributed by atoms with E-state index in [9.17, 15) is 5.11 Å². The molecule has 0 radical (unpaired) electrons. The second kappa shape index (κ2) is 7.08. The van der Waals surface area contributed by atoms with Crippen LogP contribution in [0.4, 0.5) is 0 Å². The predicted octanol–water partition coefficient (Wildman–Crippen LogP) is 2.94. The van der Waals surface area contributed by atoms with E-state index in [1.807, 2.05) is 19.1 Å². The van der Waals surface area contributed by atoms with E-state index in [2.05, 4.69) is 32.7 Å². The molecule has 0 aromatic heterocycles. The third-order valence-corrected chi connectivity index (χ3v) is 4.44. The summed E-state index contributed by atoms with van der Waals surface area (Å²) in [6.45, 7) is 9.71. The van der Waals surface area contributed by atoms with E-state index < -0.39 is 0 Å². The van der Waals surface area contributed by atoms with Crippen molar-refractivity contribution in [3.63, 3.8) is 0 Å². The van der Waals surface area contributed by atoms with E-state index >= 15 is 0 Å². The average molecular weight is 350 g/mol. The van der Waals surface area contributed by atoms with Gasteiger partial charge >= 0.3 is 0 Å². The summed E-state index contributed by atoms with van der Waals surface area (Å²) >= 11 is 3.53. The van der Waals surface area contributed by atoms with E-state index in [1.165, 1.54) is 0 Å². The van der Waals surface area contributed by atoms with Gasteiger partial charge in [0.25, 0.3) is 0 Å². The smallest absolute Gasteiger partial charge is 0.139 e. The van der Waals surface area contributed by atoms with E-state index in [0.717, 1.165) is 48.2 Å². The summed E-state index contributed by atoms with van der Waals surface area (Å²) in [7, 11) is 0. The lowest BCUT2D eigenvalue weighted by atomic mass is 9.95. The number of phenols is 1. The Morgan fingerprint density at radius 3 is 2.76 bits per heavy atom. The van der Waals surface area contributed by atoms with Gasteiger partial charge < -0.3 is 10.4 Å². The maximum absolute atomic E-state index is 10.5. The molecular weight excluding hydrogens is 330 g/mol. The molecule has 0 aliphatic carbocycles. The summed E-state index contributed by atoms with van der Waals surface area (Å²) in [6, 6.07) is 5.56. The molecule has 2 N–H and O–H groups in total. The van der Waals surface area contributed by atoms with Crippen LogP contribution in [0.2, 0.25) is 0 Å². The number of rotatable bonds is 4. The highest BCUT2D eigenvalue weighted by Gasteiger charge is 2.27. The zero-order chi connectivity index (χ0) is 15.4. The van der Waals surface area contributed by atoms with Crippen molar-refractivity contribution in [1.29, 1.82) is 5.26 Å². The first-order valence-corrected chi connectivity index (χ1v) is 7.84. The van der Waals surface area contributed by atoms with Crippen molar-refractivity contribution in [1.82, 2.24) is 10.2 Å². The van der Waals surface area contributed by atoms with Crippen molar-refractivity contribution in [3.8, 4) is 11.8 Å². The van der Waals surface area contributed by atoms with Gasteiger partial charge in [-0.25, -0.2) is 0 Å². The molecule has 112 valence electrons. The number of piperazine rings is 1. The number of halogens is 1. The van der Waals surface area contributed by atoms with Crippen LogP contribution in [0.1, 0.15) is 30.5 Å². The summed E-state index contributed by atoms with van der Waals surface area (Å²) in [4.78, 5) is 2.34. The van der Waals surface area contributed by atoms with Crippen molar-refractivity contribution in [2.24, 2.45) is 0 Å². The van der Waals surface area contributed by atoms with Gasteiger partial charge in [0.05, 0.1) is 5.56 Å². The minimum Gasteiger partial charge on any atom is -0.506 e. The number of benzene rings is 1. The number of phenolic OH excluding ortho intramolecular Hbond substituents is 1. The number of aromatic hydroxyl groups is 1. The van der Waals surface area contributed by atoms with E-state index in [-0.39, 0.29) is 11.8 Å². The standard InChI is InChI=1S/C16H20BrN3O/c1-11(2)9-14(20-7-5-19-6-8-20)15-13(17)4-3-12(10-18)16(15)21/h3-4,14,19,21H,1,5-9H2,2H3/t14-/m1/s1. The molecule has 0 saturated carbocycles. The molecule has 5 heteroatoms. The van der Waals surface area contributed by atoms with Crippen molar-refractivity contribution in [2.45, 2.75) is 19.4 Å². The number of nitriles is 1. The lowest BCUT2D eigenvalue weighted by Gasteiger charge is -2.36. The average Bonchev–Trinajstić information content (AvgIpc) is 2.47. The fraction of sp³-hybridized carbons (Fsp3) is 0.438. The summed E-state index contributed by atoms with van der Waals surface area (Å²) in [5.74, 6) is 0.0802. The Hall–Kier alpha value is -1.35. The van der Waals surface area contributed by atoms with Gasteiger partial charge in [-0.2, -0.15) is 5.26 Å². The number of hydrogen-bond acceptors (Lipinski definition) is 4. The molecule has 1 aliphatic heterocycles.